The summed E-state index contributed by atoms with van der Waals surface area (Å²) in [7, 11) is 0. The van der Waals surface area contributed by atoms with Crippen molar-refractivity contribution in [3.8, 4) is 0 Å². The van der Waals surface area contributed by atoms with Crippen LogP contribution in [0, 0.1) is 0 Å². The molecule has 0 saturated heterocycles. The van der Waals surface area contributed by atoms with Gasteiger partial charge in [-0.15, -0.1) is 0 Å². The minimum Gasteiger partial charge on any atom is -0.360 e. The van der Waals surface area contributed by atoms with E-state index in [9.17, 15) is 13.2 Å². The Morgan fingerprint density at radius 1 is 1.46 bits per heavy atom. The van der Waals surface area contributed by atoms with Crippen molar-refractivity contribution in [3.63, 3.8) is 0 Å². The van der Waals surface area contributed by atoms with Crippen molar-refractivity contribution in [1.82, 2.24) is 9.97 Å². The topological polar surface area (TPSA) is 37.8 Å². The van der Waals surface area contributed by atoms with Gasteiger partial charge < -0.3 is 5.32 Å². The molecule has 0 aliphatic heterocycles. The monoisotopic (exact) mass is 211 g/mol. The van der Waals surface area contributed by atoms with Gasteiger partial charge in [-0.05, 0) is 0 Å². The lowest BCUT2D eigenvalue weighted by molar-refractivity contribution is -0.115. The third-order valence-electron chi connectivity index (χ3n) is 1.12. The Hall–Kier alpha value is -1.04. The van der Waals surface area contributed by atoms with Crippen LogP contribution < -0.4 is 5.32 Å². The van der Waals surface area contributed by atoms with E-state index in [0.29, 0.717) is 0 Å². The van der Waals surface area contributed by atoms with Gasteiger partial charge in [0, 0.05) is 0 Å². The molecule has 1 N–H and O–H groups in total. The first-order chi connectivity index (χ1) is 5.99. The molecule has 13 heavy (non-hydrogen) atoms. The van der Waals surface area contributed by atoms with Gasteiger partial charge in [0.2, 0.25) is 0 Å². The van der Waals surface area contributed by atoms with Crippen molar-refractivity contribution in [2.24, 2.45) is 0 Å². The highest BCUT2D eigenvalue weighted by molar-refractivity contribution is 6.32. The minimum absolute atomic E-state index is 0.0195. The summed E-state index contributed by atoms with van der Waals surface area (Å²) >= 11 is 5.50. The first kappa shape index (κ1) is 10.0. The quantitative estimate of drug-likeness (QED) is 0.814. The zero-order valence-corrected chi connectivity index (χ0v) is 7.02. The highest BCUT2D eigenvalue weighted by Gasteiger charge is 2.27. The molecule has 72 valence electrons. The molecule has 1 aromatic rings. The van der Waals surface area contributed by atoms with Crippen molar-refractivity contribution in [2.75, 3.05) is 11.9 Å². The summed E-state index contributed by atoms with van der Waals surface area (Å²) in [6.45, 7) is -1.16. The zero-order valence-electron chi connectivity index (χ0n) is 6.27. The van der Waals surface area contributed by atoms with Crippen molar-refractivity contribution in [2.45, 2.75) is 6.18 Å². The van der Waals surface area contributed by atoms with Crippen LogP contribution in [0.5, 0.6) is 0 Å². The van der Waals surface area contributed by atoms with Gasteiger partial charge in [0.05, 0.1) is 6.20 Å². The molecule has 0 bridgehead atoms. The average Bonchev–Trinajstić information content (AvgIpc) is 2.01. The van der Waals surface area contributed by atoms with Crippen LogP contribution in [-0.4, -0.2) is 22.7 Å². The third-order valence-corrected chi connectivity index (χ3v) is 1.40. The Labute approximate surface area is 77.0 Å². The summed E-state index contributed by atoms with van der Waals surface area (Å²) < 4.78 is 35.2. The second kappa shape index (κ2) is 3.78. The fourth-order valence-corrected chi connectivity index (χ4v) is 0.799. The predicted octanol–water partition coefficient (Wildman–Crippen LogP) is 2.10. The second-order valence-electron chi connectivity index (χ2n) is 2.19. The van der Waals surface area contributed by atoms with Gasteiger partial charge in [0.25, 0.3) is 0 Å². The molecule has 0 aliphatic carbocycles. The van der Waals surface area contributed by atoms with E-state index >= 15 is 0 Å². The van der Waals surface area contributed by atoms with Gasteiger partial charge >= 0.3 is 6.18 Å². The van der Waals surface area contributed by atoms with Crippen molar-refractivity contribution < 1.29 is 13.2 Å². The number of anilines is 1. The predicted molar refractivity (Wildman–Crippen MR) is 41.6 cm³/mol. The molecule has 0 radical (unpaired) electrons. The summed E-state index contributed by atoms with van der Waals surface area (Å²) in [5, 5.41) is 2.11. The number of aromatic nitrogens is 2. The maximum absolute atomic E-state index is 11.7. The van der Waals surface area contributed by atoms with E-state index in [-0.39, 0.29) is 10.8 Å². The summed E-state index contributed by atoms with van der Waals surface area (Å²) in [5.41, 5.74) is 0. The van der Waals surface area contributed by atoms with E-state index in [2.05, 4.69) is 9.97 Å². The van der Waals surface area contributed by atoms with Crippen LogP contribution in [0.15, 0.2) is 12.5 Å². The number of alkyl halides is 3. The Balaban J connectivity index is 2.60. The smallest absolute Gasteiger partial charge is 0.360 e. The molecular weight excluding hydrogens is 207 g/mol. The van der Waals surface area contributed by atoms with Crippen LogP contribution in [0.3, 0.4) is 0 Å². The fourth-order valence-electron chi connectivity index (χ4n) is 0.627. The molecule has 0 fully saturated rings. The number of rotatable bonds is 2. The van der Waals surface area contributed by atoms with Crippen molar-refractivity contribution in [3.05, 3.63) is 17.5 Å². The molecule has 1 rings (SSSR count). The van der Waals surface area contributed by atoms with Crippen LogP contribution in [0.2, 0.25) is 5.02 Å². The fraction of sp³-hybridized carbons (Fsp3) is 0.333. The molecule has 1 aromatic heterocycles. The highest BCUT2D eigenvalue weighted by atomic mass is 35.5. The van der Waals surface area contributed by atoms with Crippen molar-refractivity contribution >= 4 is 17.4 Å². The molecule has 0 aromatic carbocycles. The van der Waals surface area contributed by atoms with E-state index in [1.807, 2.05) is 5.32 Å². The minimum atomic E-state index is -4.28. The van der Waals surface area contributed by atoms with Crippen LogP contribution in [0.25, 0.3) is 0 Å². The van der Waals surface area contributed by atoms with Gasteiger partial charge in [0.15, 0.2) is 0 Å². The Morgan fingerprint density at radius 2 is 2.15 bits per heavy atom. The highest BCUT2D eigenvalue weighted by Crippen LogP contribution is 2.19. The molecule has 1 heterocycles. The van der Waals surface area contributed by atoms with E-state index in [0.717, 1.165) is 6.33 Å². The van der Waals surface area contributed by atoms with Crippen LogP contribution in [-0.2, 0) is 0 Å². The van der Waals surface area contributed by atoms with E-state index in [1.54, 1.807) is 0 Å². The lowest BCUT2D eigenvalue weighted by atomic mass is 10.5. The molecule has 0 amide bonds. The first-order valence-corrected chi connectivity index (χ1v) is 3.63. The van der Waals surface area contributed by atoms with Gasteiger partial charge in [-0.3, -0.25) is 0 Å². The number of nitrogens with zero attached hydrogens (tertiary/aromatic N) is 2. The standard InChI is InChI=1S/C6H5ClF3N3/c7-4-1-11-3-13-5(4)12-2-6(8,9)10/h1,3H,2H2,(H,11,12,13). The normalized spacial score (nSPS) is 11.4. The van der Waals surface area contributed by atoms with E-state index in [4.69, 9.17) is 11.6 Å². The molecule has 7 heteroatoms. The summed E-state index contributed by atoms with van der Waals surface area (Å²) in [5.74, 6) is -0.0195. The molecule has 0 spiro atoms. The largest absolute Gasteiger partial charge is 0.405 e. The average molecular weight is 212 g/mol. The molecule has 3 nitrogen and oxygen atoms in total. The molecule has 0 atom stereocenters. The SMILES string of the molecule is FC(F)(F)CNc1ncncc1Cl. The van der Waals surface area contributed by atoms with Gasteiger partial charge in [-0.1, -0.05) is 11.6 Å². The summed E-state index contributed by atoms with van der Waals surface area (Å²) in [6, 6.07) is 0. The van der Waals surface area contributed by atoms with Crippen LogP contribution >= 0.6 is 11.6 Å². The maximum atomic E-state index is 11.7. The molecule has 0 unspecified atom stereocenters. The van der Waals surface area contributed by atoms with Gasteiger partial charge in [-0.2, -0.15) is 13.2 Å². The molecule has 0 aliphatic rings. The summed E-state index contributed by atoms with van der Waals surface area (Å²) in [4.78, 5) is 7.05. The van der Waals surface area contributed by atoms with Crippen molar-refractivity contribution in [1.29, 1.82) is 0 Å². The molecule has 0 saturated carbocycles. The lowest BCUT2D eigenvalue weighted by Crippen LogP contribution is -2.21. The van der Waals surface area contributed by atoms with Crippen LogP contribution in [0.1, 0.15) is 0 Å². The Kier molecular flexibility index (Phi) is 2.92. The van der Waals surface area contributed by atoms with Gasteiger partial charge in [-0.25, -0.2) is 9.97 Å². The number of nitrogens with one attached hydrogen (secondary N) is 1. The molecular formula is C6H5ClF3N3. The summed E-state index contributed by atoms with van der Waals surface area (Å²) in [6.07, 6.45) is -1.95. The van der Waals surface area contributed by atoms with E-state index in [1.165, 1.54) is 6.20 Å². The number of halogens is 4. The maximum Gasteiger partial charge on any atom is 0.405 e. The Bertz CT molecular complexity index is 289. The van der Waals surface area contributed by atoms with E-state index < -0.39 is 12.7 Å². The first-order valence-electron chi connectivity index (χ1n) is 3.25. The lowest BCUT2D eigenvalue weighted by Gasteiger charge is -2.08. The number of hydrogen-bond acceptors (Lipinski definition) is 3. The number of hydrogen-bond donors (Lipinski definition) is 1. The van der Waals surface area contributed by atoms with Crippen LogP contribution in [0.4, 0.5) is 19.0 Å². The van der Waals surface area contributed by atoms with Gasteiger partial charge in [0.1, 0.15) is 23.7 Å². The second-order valence-corrected chi connectivity index (χ2v) is 2.60. The Morgan fingerprint density at radius 3 is 2.69 bits per heavy atom. The third kappa shape index (κ3) is 3.45. The zero-order chi connectivity index (χ0) is 9.90.